The van der Waals surface area contributed by atoms with Crippen LogP contribution < -0.4 is 53.7 Å². The van der Waals surface area contributed by atoms with Crippen molar-refractivity contribution in [2.45, 2.75) is 116 Å². The van der Waals surface area contributed by atoms with Crippen molar-refractivity contribution in [3.63, 3.8) is 0 Å². The molecule has 8 rings (SSSR count). The molecule has 2 saturated heterocycles. The molecule has 0 bridgehead atoms. The van der Waals surface area contributed by atoms with Crippen LogP contribution in [0.15, 0.2) is 82.9 Å². The smallest absolute Gasteiger partial charge is 0.407 e. The van der Waals surface area contributed by atoms with Crippen molar-refractivity contribution in [3.8, 4) is 0 Å². The average Bonchev–Trinajstić information content (AvgIpc) is 1.63. The van der Waals surface area contributed by atoms with E-state index in [0.29, 0.717) is 0 Å². The van der Waals surface area contributed by atoms with Crippen LogP contribution in [0.3, 0.4) is 0 Å². The van der Waals surface area contributed by atoms with Crippen LogP contribution in [0.1, 0.15) is 89.8 Å². The minimum absolute atomic E-state index is 0.0103. The second kappa shape index (κ2) is 39.6. The van der Waals surface area contributed by atoms with Crippen LogP contribution in [-0.2, 0) is 109 Å². The summed E-state index contributed by atoms with van der Waals surface area (Å²) in [4.78, 5) is 215. The molecule has 2 aliphatic rings. The summed E-state index contributed by atoms with van der Waals surface area (Å²) in [5.41, 5.74) is 0.0893. The van der Waals surface area contributed by atoms with Crippen LogP contribution in [-0.4, -0.2) is 210 Å². The summed E-state index contributed by atoms with van der Waals surface area (Å²) in [5, 5.41) is 35.6. The molecule has 568 valence electrons. The Labute approximate surface area is 598 Å². The Balaban J connectivity index is 0.000000307. The number of aromatic nitrogens is 8. The number of nitrogens with zero attached hydrogens (tertiary/aromatic N) is 6. The number of amides is 8. The summed E-state index contributed by atoms with van der Waals surface area (Å²) in [6.07, 6.45) is -7.66. The lowest BCUT2D eigenvalue weighted by molar-refractivity contribution is -0.151. The minimum atomic E-state index is -1.29. The Hall–Kier alpha value is -12.8. The van der Waals surface area contributed by atoms with Crippen LogP contribution >= 0.6 is 0 Å². The zero-order valence-corrected chi connectivity index (χ0v) is 57.2. The van der Waals surface area contributed by atoms with E-state index in [0.717, 1.165) is 11.1 Å². The number of carbonyl (C=O) groups is 14. The van der Waals surface area contributed by atoms with E-state index in [1.165, 1.54) is 21.8 Å². The highest BCUT2D eigenvalue weighted by Crippen LogP contribution is 2.35. The Bertz CT molecular complexity index is 4290. The van der Waals surface area contributed by atoms with Crippen LogP contribution in [0.25, 0.3) is 22.3 Å². The second-order valence-corrected chi connectivity index (χ2v) is 23.6. The van der Waals surface area contributed by atoms with Gasteiger partial charge in [-0.3, -0.25) is 96.9 Å². The first-order chi connectivity index (χ1) is 50.6. The number of benzene rings is 2. The van der Waals surface area contributed by atoms with Gasteiger partial charge in [0.2, 0.25) is 47.3 Å². The van der Waals surface area contributed by atoms with Crippen molar-refractivity contribution in [3.05, 3.63) is 105 Å². The molecule has 2 aliphatic heterocycles. The van der Waals surface area contributed by atoms with Gasteiger partial charge in [-0.15, -0.1) is 0 Å². The lowest BCUT2D eigenvalue weighted by Crippen LogP contribution is -2.41. The summed E-state index contributed by atoms with van der Waals surface area (Å²) in [7, 11) is 0. The third-order valence-corrected chi connectivity index (χ3v) is 14.8. The minimum Gasteiger partial charge on any atom is -0.480 e. The zero-order valence-electron chi connectivity index (χ0n) is 57.2. The molecule has 0 radical (unpaired) electrons. The van der Waals surface area contributed by atoms with Gasteiger partial charge < -0.3 is 80.0 Å². The quantitative estimate of drug-likeness (QED) is 0.0170. The number of alkyl carbamates (subject to hydrolysis) is 2. The van der Waals surface area contributed by atoms with E-state index in [4.69, 9.17) is 48.1 Å². The monoisotopic (exact) mass is 1480 g/mol. The Morgan fingerprint density at radius 1 is 0.481 bits per heavy atom. The summed E-state index contributed by atoms with van der Waals surface area (Å²) in [6, 6.07) is 17.9. The number of carboxylic acids is 2. The number of aromatic amines is 2. The van der Waals surface area contributed by atoms with E-state index >= 15 is 0 Å². The highest BCUT2D eigenvalue weighted by atomic mass is 16.6. The molecule has 4 aromatic heterocycles. The fourth-order valence-electron chi connectivity index (χ4n) is 9.36. The van der Waals surface area contributed by atoms with Crippen LogP contribution in [0.2, 0.25) is 0 Å². The number of fused-ring (bicyclic) bond motifs is 2. The molecule has 6 unspecified atom stereocenters. The average molecular weight is 1490 g/mol. The third kappa shape index (κ3) is 25.9. The molecule has 6 heterocycles. The van der Waals surface area contributed by atoms with Crippen molar-refractivity contribution in [1.29, 1.82) is 0 Å². The van der Waals surface area contributed by atoms with Crippen LogP contribution in [0.4, 0.5) is 21.5 Å². The molecule has 6 aromatic rings. The van der Waals surface area contributed by atoms with E-state index < -0.39 is 202 Å². The van der Waals surface area contributed by atoms with Crippen molar-refractivity contribution >= 4 is 118 Å². The topological polar surface area (TPSA) is 577 Å². The number of imidazole rings is 2. The van der Waals surface area contributed by atoms with Gasteiger partial charge in [0, 0.05) is 37.5 Å². The third-order valence-electron chi connectivity index (χ3n) is 14.8. The molecule has 0 spiro atoms. The van der Waals surface area contributed by atoms with Crippen molar-refractivity contribution in [2.75, 3.05) is 63.1 Å². The molecule has 2 aromatic carbocycles. The maximum atomic E-state index is 12.9. The summed E-state index contributed by atoms with van der Waals surface area (Å²) < 4.78 is 46.5. The standard InChI is InChI=1S/C39H44N8O13.C25H32N8O13/c1-23(2)36(53)45-38-44-35-34(37(54)46-38)43-22-47(35)30-15-26(60-39(55)42-16-29(49)41-18-33(52)57-20-25-11-7-4-8-12-25)27(59-30)21-58-31(50)14-13-28(48)40-17-32(51)56-19-24-9-5-3-6-10-24;1-11(2)22(41)31-24-30-21-20(23(42)32-24)29-10-33(21)16-5-12(46-25(43)28-6-15(35)27-8-18(38)39)13(45-16)9-44-19(40)4-3-14(34)26-7-17(36)37/h3-12,22-23,26-27,30H,13-21H2,1-2H3,(H,40,48)(H,41,49)(H,42,55)(H2,44,45,46,53,54);10-13,16H,3-9H2,1-2H3,(H,26,34)(H,27,35)(H,28,43)(H,36,37)(H,38,39)(H2,30,31,32,41,42). The number of ether oxygens (including phenoxy) is 8. The predicted molar refractivity (Wildman–Crippen MR) is 357 cm³/mol. The number of anilines is 2. The number of aliphatic carboxylic acids is 2. The fourth-order valence-corrected chi connectivity index (χ4v) is 9.36. The van der Waals surface area contributed by atoms with E-state index in [9.17, 15) is 76.7 Å². The fraction of sp³-hybridized carbons (Fsp3) is 0.438. The molecular weight excluding hydrogens is 1410 g/mol. The first-order valence-corrected chi connectivity index (χ1v) is 32.5. The predicted octanol–water partition coefficient (Wildman–Crippen LogP) is -1.04. The van der Waals surface area contributed by atoms with Crippen molar-refractivity contribution < 1.29 is 115 Å². The number of carboxylic acid groups (broad SMARTS) is 2. The molecule has 2 fully saturated rings. The molecule has 42 nitrogen and oxygen atoms in total. The zero-order chi connectivity index (χ0) is 77.0. The maximum absolute atomic E-state index is 12.9. The van der Waals surface area contributed by atoms with Gasteiger partial charge in [0.25, 0.3) is 11.1 Å². The summed E-state index contributed by atoms with van der Waals surface area (Å²) in [5.74, 6) is -10.3. The number of nitrogens with one attached hydrogen (secondary N) is 10. The highest BCUT2D eigenvalue weighted by Gasteiger charge is 2.43. The molecule has 12 N–H and O–H groups in total. The number of rotatable bonds is 34. The number of esters is 4. The molecule has 8 amide bonds. The van der Waals surface area contributed by atoms with E-state index in [1.807, 2.05) is 12.1 Å². The molecular formula is C64H76N16O26. The first kappa shape index (κ1) is 80.6. The lowest BCUT2D eigenvalue weighted by Gasteiger charge is -2.19. The van der Waals surface area contributed by atoms with Gasteiger partial charge in [0.05, 0.1) is 25.5 Å². The van der Waals surface area contributed by atoms with Gasteiger partial charge in [-0.1, -0.05) is 88.4 Å². The van der Waals surface area contributed by atoms with Gasteiger partial charge in [-0.05, 0) is 11.1 Å². The van der Waals surface area contributed by atoms with Gasteiger partial charge in [-0.25, -0.2) is 19.6 Å². The Kier molecular flexibility index (Phi) is 30.1. The van der Waals surface area contributed by atoms with Crippen molar-refractivity contribution in [1.82, 2.24) is 70.9 Å². The lowest BCUT2D eigenvalue weighted by atomic mass is 10.2. The number of hydrogen-bond donors (Lipinski definition) is 12. The number of H-pyrrole nitrogens is 2. The van der Waals surface area contributed by atoms with Gasteiger partial charge in [0.1, 0.15) is 103 Å². The van der Waals surface area contributed by atoms with E-state index in [-0.39, 0.29) is 79.5 Å². The normalized spacial score (nSPS) is 16.4. The SMILES string of the molecule is CC(C)C(=O)Nc1nc2c(ncn2C2CC(OC(=O)NCC(=O)NCC(=O)O)C(COC(=O)CCC(=O)NCC(=O)O)O2)c(=O)[nH]1.CC(C)C(=O)Nc1nc2c(ncn2C2CC(OC(=O)NCC(=O)NCC(=O)OCc3ccccc3)C(COC(=O)CCC(=O)NCC(=O)OCc3ccccc3)O2)c(=O)[nH]1. The highest BCUT2D eigenvalue weighted by molar-refractivity contribution is 5.92. The number of hydrogen-bond acceptors (Lipinski definition) is 28. The first-order valence-electron chi connectivity index (χ1n) is 32.5. The van der Waals surface area contributed by atoms with Crippen LogP contribution in [0, 0.1) is 11.8 Å². The summed E-state index contributed by atoms with van der Waals surface area (Å²) in [6.45, 7) is 2.39. The van der Waals surface area contributed by atoms with Crippen LogP contribution in [0.5, 0.6) is 0 Å². The number of carbonyl (C=O) groups excluding carboxylic acids is 12. The molecule has 0 saturated carbocycles. The largest absolute Gasteiger partial charge is 0.480 e. The summed E-state index contributed by atoms with van der Waals surface area (Å²) >= 11 is 0. The molecule has 42 heteroatoms. The van der Waals surface area contributed by atoms with Gasteiger partial charge >= 0.3 is 48.0 Å². The van der Waals surface area contributed by atoms with Crippen molar-refractivity contribution in [2.24, 2.45) is 11.8 Å². The van der Waals surface area contributed by atoms with E-state index in [1.54, 1.807) is 76.2 Å². The second-order valence-electron chi connectivity index (χ2n) is 23.6. The molecule has 106 heavy (non-hydrogen) atoms. The van der Waals surface area contributed by atoms with Gasteiger partial charge in [-0.2, -0.15) is 9.97 Å². The maximum Gasteiger partial charge on any atom is 0.407 e. The molecule has 0 aliphatic carbocycles. The Morgan fingerprint density at radius 2 is 0.849 bits per heavy atom. The van der Waals surface area contributed by atoms with E-state index in [2.05, 4.69) is 72.4 Å². The molecule has 6 atom stereocenters. The van der Waals surface area contributed by atoms with Gasteiger partial charge in [0.15, 0.2) is 22.3 Å². The Morgan fingerprint density at radius 3 is 1.23 bits per heavy atom.